The number of nitrogens with zero attached hydrogens (tertiary/aromatic N) is 2. The molecular weight excluding hydrogens is 250 g/mol. The van der Waals surface area contributed by atoms with E-state index in [1.165, 1.54) is 23.5 Å². The molecule has 0 aliphatic rings. The first-order valence-electron chi connectivity index (χ1n) is 4.24. The molecule has 0 aliphatic heterocycles. The quantitative estimate of drug-likeness (QED) is 0.436. The van der Waals surface area contributed by atoms with Crippen LogP contribution >= 0.6 is 11.3 Å². The molecule has 0 saturated heterocycles. The van der Waals surface area contributed by atoms with Crippen LogP contribution in [0.3, 0.4) is 0 Å². The van der Waals surface area contributed by atoms with Crippen molar-refractivity contribution < 1.29 is 13.0 Å². The smallest absolute Gasteiger partial charge is 0.294 e. The lowest BCUT2D eigenvalue weighted by atomic mass is 10.3. The number of rotatable bonds is 1. The van der Waals surface area contributed by atoms with Gasteiger partial charge in [-0.05, 0) is 18.2 Å². The Morgan fingerprint density at radius 1 is 1.50 bits per heavy atom. The second kappa shape index (κ2) is 3.58. The van der Waals surface area contributed by atoms with Gasteiger partial charge in [0, 0.05) is 7.05 Å². The number of thiazole rings is 1. The summed E-state index contributed by atoms with van der Waals surface area (Å²) in [6, 6.07) is 4.33. The van der Waals surface area contributed by atoms with Crippen molar-refractivity contribution in [2.45, 2.75) is 4.90 Å². The van der Waals surface area contributed by atoms with Gasteiger partial charge in [0.15, 0.2) is 0 Å². The lowest BCUT2D eigenvalue weighted by Crippen LogP contribution is -2.12. The van der Waals surface area contributed by atoms with Crippen LogP contribution in [0.5, 0.6) is 0 Å². The summed E-state index contributed by atoms with van der Waals surface area (Å²) in [6.07, 6.45) is 0. The van der Waals surface area contributed by atoms with E-state index in [-0.39, 0.29) is 4.90 Å². The Hall–Kier alpha value is -1.38. The summed E-state index contributed by atoms with van der Waals surface area (Å²) in [6.45, 7) is 0. The molecule has 0 radical (unpaired) electrons. The van der Waals surface area contributed by atoms with Gasteiger partial charge in [-0.1, -0.05) is 11.3 Å². The molecular formula is C8H9N3O3S2. The SMILES string of the molecule is Cn1c(=NN)sc2cc(S(=O)(=O)O)ccc21. The van der Waals surface area contributed by atoms with Crippen molar-refractivity contribution in [3.05, 3.63) is 23.0 Å². The van der Waals surface area contributed by atoms with Crippen LogP contribution < -0.4 is 10.6 Å². The zero-order valence-corrected chi connectivity index (χ0v) is 9.92. The molecule has 0 unspecified atom stereocenters. The molecule has 86 valence electrons. The number of hydrogen-bond donors (Lipinski definition) is 2. The third kappa shape index (κ3) is 1.70. The van der Waals surface area contributed by atoms with Gasteiger partial charge in [-0.3, -0.25) is 4.55 Å². The van der Waals surface area contributed by atoms with Crippen molar-refractivity contribution in [1.29, 1.82) is 0 Å². The third-order valence-electron chi connectivity index (χ3n) is 2.19. The molecule has 2 rings (SSSR count). The van der Waals surface area contributed by atoms with Crippen molar-refractivity contribution in [2.24, 2.45) is 18.0 Å². The Labute approximate surface area is 95.4 Å². The summed E-state index contributed by atoms with van der Waals surface area (Å²) in [5.74, 6) is 5.19. The van der Waals surface area contributed by atoms with E-state index in [4.69, 9.17) is 10.4 Å². The van der Waals surface area contributed by atoms with Crippen LogP contribution in [0.2, 0.25) is 0 Å². The van der Waals surface area contributed by atoms with Gasteiger partial charge >= 0.3 is 0 Å². The zero-order chi connectivity index (χ0) is 11.9. The van der Waals surface area contributed by atoms with E-state index in [1.54, 1.807) is 17.7 Å². The highest BCUT2D eigenvalue weighted by molar-refractivity contribution is 7.85. The van der Waals surface area contributed by atoms with Crippen LogP contribution in [0.4, 0.5) is 0 Å². The number of nitrogens with two attached hydrogens (primary N) is 1. The topological polar surface area (TPSA) is 97.7 Å². The summed E-state index contributed by atoms with van der Waals surface area (Å²) >= 11 is 1.25. The number of aryl methyl sites for hydroxylation is 1. The van der Waals surface area contributed by atoms with Crippen LogP contribution in [-0.4, -0.2) is 17.5 Å². The molecule has 1 heterocycles. The van der Waals surface area contributed by atoms with E-state index in [9.17, 15) is 8.42 Å². The van der Waals surface area contributed by atoms with E-state index < -0.39 is 10.1 Å². The summed E-state index contributed by atoms with van der Waals surface area (Å²) < 4.78 is 33.2. The van der Waals surface area contributed by atoms with E-state index in [0.717, 1.165) is 5.52 Å². The van der Waals surface area contributed by atoms with Crippen LogP contribution in [-0.2, 0) is 17.2 Å². The largest absolute Gasteiger partial charge is 0.320 e. The molecule has 0 spiro atoms. The Kier molecular flexibility index (Phi) is 2.49. The normalized spacial score (nSPS) is 13.5. The minimum absolute atomic E-state index is 0.134. The maximum atomic E-state index is 10.9. The van der Waals surface area contributed by atoms with Crippen LogP contribution in [0.25, 0.3) is 10.2 Å². The maximum absolute atomic E-state index is 10.9. The van der Waals surface area contributed by atoms with Crippen molar-refractivity contribution in [2.75, 3.05) is 0 Å². The molecule has 0 amide bonds. The van der Waals surface area contributed by atoms with E-state index >= 15 is 0 Å². The first-order valence-corrected chi connectivity index (χ1v) is 6.50. The van der Waals surface area contributed by atoms with Gasteiger partial charge < -0.3 is 10.4 Å². The fourth-order valence-corrected chi connectivity index (χ4v) is 2.96. The Bertz CT molecular complexity index is 712. The molecule has 2 aromatic rings. The van der Waals surface area contributed by atoms with Crippen molar-refractivity contribution in [3.63, 3.8) is 0 Å². The highest BCUT2D eigenvalue weighted by Gasteiger charge is 2.11. The van der Waals surface area contributed by atoms with E-state index in [1.807, 2.05) is 0 Å². The van der Waals surface area contributed by atoms with Gasteiger partial charge in [-0.2, -0.15) is 13.5 Å². The van der Waals surface area contributed by atoms with E-state index in [2.05, 4.69) is 5.10 Å². The maximum Gasteiger partial charge on any atom is 0.294 e. The molecule has 3 N–H and O–H groups in total. The zero-order valence-electron chi connectivity index (χ0n) is 8.28. The Morgan fingerprint density at radius 3 is 2.75 bits per heavy atom. The van der Waals surface area contributed by atoms with Crippen LogP contribution in [0.1, 0.15) is 0 Å². The number of benzene rings is 1. The predicted molar refractivity (Wildman–Crippen MR) is 60.4 cm³/mol. The van der Waals surface area contributed by atoms with Crippen molar-refractivity contribution in [1.82, 2.24) is 4.57 Å². The standard InChI is InChI=1S/C8H9N3O3S2/c1-11-6-3-2-5(16(12,13)14)4-7(6)15-8(11)10-9/h2-4H,9H2,1H3,(H,12,13,14). The molecule has 1 aromatic heterocycles. The van der Waals surface area contributed by atoms with Gasteiger partial charge in [0.2, 0.25) is 4.80 Å². The fraction of sp³-hybridized carbons (Fsp3) is 0.125. The van der Waals surface area contributed by atoms with Gasteiger partial charge in [0.25, 0.3) is 10.1 Å². The second-order valence-corrected chi connectivity index (χ2v) is 5.61. The molecule has 0 fully saturated rings. The van der Waals surface area contributed by atoms with Crippen LogP contribution in [0, 0.1) is 0 Å². The molecule has 8 heteroatoms. The van der Waals surface area contributed by atoms with Gasteiger partial charge in [0.1, 0.15) is 0 Å². The summed E-state index contributed by atoms with van der Waals surface area (Å²) in [7, 11) is -2.39. The second-order valence-electron chi connectivity index (χ2n) is 3.18. The van der Waals surface area contributed by atoms with Gasteiger partial charge in [-0.25, -0.2) is 0 Å². The van der Waals surface area contributed by atoms with Gasteiger partial charge in [-0.15, -0.1) is 0 Å². The highest BCUT2D eigenvalue weighted by Crippen LogP contribution is 2.20. The molecule has 0 saturated carbocycles. The van der Waals surface area contributed by atoms with Gasteiger partial charge in [0.05, 0.1) is 15.1 Å². The summed E-state index contributed by atoms with van der Waals surface area (Å²) in [5, 5.41) is 3.57. The first-order chi connectivity index (χ1) is 7.43. The lowest BCUT2D eigenvalue weighted by molar-refractivity contribution is 0.483. The molecule has 16 heavy (non-hydrogen) atoms. The monoisotopic (exact) mass is 259 g/mol. The molecule has 1 aromatic carbocycles. The molecule has 0 bridgehead atoms. The first kappa shape index (κ1) is 11.1. The Balaban J connectivity index is 2.84. The predicted octanol–water partition coefficient (Wildman–Crippen LogP) is 0.261. The number of fused-ring (bicyclic) bond motifs is 1. The molecule has 6 nitrogen and oxygen atoms in total. The Morgan fingerprint density at radius 2 is 2.19 bits per heavy atom. The summed E-state index contributed by atoms with van der Waals surface area (Å²) in [5.41, 5.74) is 0.807. The fourth-order valence-electron chi connectivity index (χ4n) is 1.40. The highest BCUT2D eigenvalue weighted by atomic mass is 32.2. The van der Waals surface area contributed by atoms with Crippen LogP contribution in [0.15, 0.2) is 28.2 Å². The van der Waals surface area contributed by atoms with Crippen molar-refractivity contribution >= 4 is 31.7 Å². The van der Waals surface area contributed by atoms with Crippen molar-refractivity contribution in [3.8, 4) is 0 Å². The molecule has 0 atom stereocenters. The minimum Gasteiger partial charge on any atom is -0.320 e. The minimum atomic E-state index is -4.17. The lowest BCUT2D eigenvalue weighted by Gasteiger charge is -1.97. The third-order valence-corrected chi connectivity index (χ3v) is 4.15. The summed E-state index contributed by atoms with van der Waals surface area (Å²) in [4.78, 5) is 0.438. The average molecular weight is 259 g/mol. The number of hydrogen-bond acceptors (Lipinski definition) is 5. The number of aromatic nitrogens is 1. The van der Waals surface area contributed by atoms with E-state index in [0.29, 0.717) is 9.50 Å². The average Bonchev–Trinajstić information content (AvgIpc) is 2.54. The molecule has 0 aliphatic carbocycles.